The predicted molar refractivity (Wildman–Crippen MR) is 69.8 cm³/mol. The molecule has 0 atom stereocenters. The summed E-state index contributed by atoms with van der Waals surface area (Å²) < 4.78 is 13.1. The molecule has 0 aliphatic rings. The third kappa shape index (κ3) is 3.92. The van der Waals surface area contributed by atoms with E-state index in [4.69, 9.17) is 16.7 Å². The van der Waals surface area contributed by atoms with Crippen molar-refractivity contribution in [3.05, 3.63) is 34.6 Å². The Kier molecular flexibility index (Phi) is 4.52. The largest absolute Gasteiger partial charge is 0.480 e. The SMILES string of the molecule is CC(C)(C)N(CC(=O)O)C(=O)c1ccc(F)c(Cl)c1. The van der Waals surface area contributed by atoms with Crippen LogP contribution in [0.4, 0.5) is 4.39 Å². The smallest absolute Gasteiger partial charge is 0.323 e. The summed E-state index contributed by atoms with van der Waals surface area (Å²) in [5.41, 5.74) is -0.515. The summed E-state index contributed by atoms with van der Waals surface area (Å²) in [4.78, 5) is 24.3. The van der Waals surface area contributed by atoms with Crippen LogP contribution in [-0.4, -0.2) is 34.0 Å². The molecular weight excluding hydrogens is 273 g/mol. The van der Waals surface area contributed by atoms with Crippen molar-refractivity contribution in [2.45, 2.75) is 26.3 Å². The molecule has 1 rings (SSSR count). The van der Waals surface area contributed by atoms with Crippen LogP contribution in [0.3, 0.4) is 0 Å². The lowest BCUT2D eigenvalue weighted by molar-refractivity contribution is -0.138. The molecule has 0 aliphatic heterocycles. The fourth-order valence-electron chi connectivity index (χ4n) is 1.53. The van der Waals surface area contributed by atoms with E-state index < -0.39 is 29.8 Å². The number of halogens is 2. The van der Waals surface area contributed by atoms with Crippen molar-refractivity contribution in [2.75, 3.05) is 6.54 Å². The quantitative estimate of drug-likeness (QED) is 0.930. The van der Waals surface area contributed by atoms with Gasteiger partial charge in [0, 0.05) is 11.1 Å². The fourth-order valence-corrected chi connectivity index (χ4v) is 1.71. The van der Waals surface area contributed by atoms with Gasteiger partial charge in [-0.2, -0.15) is 0 Å². The first-order valence-corrected chi connectivity index (χ1v) is 5.99. The Labute approximate surface area is 115 Å². The van der Waals surface area contributed by atoms with Crippen molar-refractivity contribution in [2.24, 2.45) is 0 Å². The van der Waals surface area contributed by atoms with E-state index in [9.17, 15) is 14.0 Å². The maximum Gasteiger partial charge on any atom is 0.323 e. The van der Waals surface area contributed by atoms with Crippen LogP contribution >= 0.6 is 11.6 Å². The first-order chi connectivity index (χ1) is 8.62. The van der Waals surface area contributed by atoms with Crippen LogP contribution < -0.4 is 0 Å². The van der Waals surface area contributed by atoms with Gasteiger partial charge in [0.05, 0.1) is 5.02 Å². The minimum absolute atomic E-state index is 0.155. The van der Waals surface area contributed by atoms with Crippen LogP contribution in [-0.2, 0) is 4.79 Å². The van der Waals surface area contributed by atoms with Gasteiger partial charge in [0.2, 0.25) is 0 Å². The van der Waals surface area contributed by atoms with E-state index in [1.54, 1.807) is 20.8 Å². The molecule has 4 nitrogen and oxygen atoms in total. The van der Waals surface area contributed by atoms with Crippen molar-refractivity contribution in [1.82, 2.24) is 4.90 Å². The number of carbonyl (C=O) groups excluding carboxylic acids is 1. The zero-order valence-electron chi connectivity index (χ0n) is 10.9. The van der Waals surface area contributed by atoms with Crippen molar-refractivity contribution < 1.29 is 19.1 Å². The lowest BCUT2D eigenvalue weighted by atomic mass is 10.0. The standard InChI is InChI=1S/C13H15ClFNO3/c1-13(2,3)16(7-11(17)18)12(19)8-4-5-10(15)9(14)6-8/h4-6H,7H2,1-3H3,(H,17,18). The minimum atomic E-state index is -1.11. The number of rotatable bonds is 3. The summed E-state index contributed by atoms with van der Waals surface area (Å²) in [5, 5.41) is 8.69. The molecule has 104 valence electrons. The number of hydrogen-bond acceptors (Lipinski definition) is 2. The first kappa shape index (κ1) is 15.4. The average molecular weight is 288 g/mol. The molecule has 0 saturated carbocycles. The minimum Gasteiger partial charge on any atom is -0.480 e. The highest BCUT2D eigenvalue weighted by molar-refractivity contribution is 6.31. The van der Waals surface area contributed by atoms with Gasteiger partial charge in [-0.15, -0.1) is 0 Å². The number of hydrogen-bond donors (Lipinski definition) is 1. The zero-order valence-corrected chi connectivity index (χ0v) is 11.7. The molecular formula is C13H15ClFNO3. The first-order valence-electron chi connectivity index (χ1n) is 5.61. The monoisotopic (exact) mass is 287 g/mol. The van der Waals surface area contributed by atoms with E-state index in [-0.39, 0.29) is 10.6 Å². The third-order valence-corrected chi connectivity index (χ3v) is 2.80. The summed E-state index contributed by atoms with van der Waals surface area (Å²) in [7, 11) is 0. The van der Waals surface area contributed by atoms with Gasteiger partial charge < -0.3 is 10.0 Å². The summed E-state index contributed by atoms with van der Waals surface area (Å²) in [5.74, 6) is -2.24. The molecule has 0 unspecified atom stereocenters. The summed E-state index contributed by atoms with van der Waals surface area (Å²) in [6, 6.07) is 3.56. The van der Waals surface area contributed by atoms with Gasteiger partial charge in [0.15, 0.2) is 0 Å². The Hall–Kier alpha value is -1.62. The normalized spacial score (nSPS) is 11.2. The molecule has 0 aliphatic carbocycles. The molecule has 0 aromatic heterocycles. The summed E-state index contributed by atoms with van der Waals surface area (Å²) in [6.07, 6.45) is 0. The summed E-state index contributed by atoms with van der Waals surface area (Å²) in [6.45, 7) is 4.73. The molecule has 0 spiro atoms. The number of benzene rings is 1. The number of carboxylic acids is 1. The summed E-state index contributed by atoms with van der Waals surface area (Å²) >= 11 is 5.62. The molecule has 0 saturated heterocycles. The number of aliphatic carboxylic acids is 1. The van der Waals surface area contributed by atoms with Crippen molar-refractivity contribution in [3.8, 4) is 0 Å². The van der Waals surface area contributed by atoms with E-state index in [0.29, 0.717) is 0 Å². The number of carbonyl (C=O) groups is 2. The molecule has 0 heterocycles. The van der Waals surface area contributed by atoms with Crippen LogP contribution in [0.15, 0.2) is 18.2 Å². The molecule has 0 bridgehead atoms. The van der Waals surface area contributed by atoms with Gasteiger partial charge >= 0.3 is 5.97 Å². The van der Waals surface area contributed by atoms with Crippen molar-refractivity contribution in [1.29, 1.82) is 0 Å². The second-order valence-electron chi connectivity index (χ2n) is 5.08. The Balaban J connectivity index is 3.12. The molecule has 1 aromatic carbocycles. The fraction of sp³-hybridized carbons (Fsp3) is 0.385. The predicted octanol–water partition coefficient (Wildman–Crippen LogP) is 2.80. The topological polar surface area (TPSA) is 57.6 Å². The molecule has 1 N–H and O–H groups in total. The van der Waals surface area contributed by atoms with Crippen molar-refractivity contribution >= 4 is 23.5 Å². The van der Waals surface area contributed by atoms with E-state index in [1.807, 2.05) is 0 Å². The van der Waals surface area contributed by atoms with Gasteiger partial charge in [-0.05, 0) is 39.0 Å². The highest BCUT2D eigenvalue weighted by Crippen LogP contribution is 2.21. The third-order valence-electron chi connectivity index (χ3n) is 2.51. The van der Waals surface area contributed by atoms with Gasteiger partial charge in [-0.25, -0.2) is 4.39 Å². The van der Waals surface area contributed by atoms with Crippen LogP contribution in [0.1, 0.15) is 31.1 Å². The van der Waals surface area contributed by atoms with E-state index in [0.717, 1.165) is 6.07 Å². The lowest BCUT2D eigenvalue weighted by Crippen LogP contribution is -2.48. The van der Waals surface area contributed by atoms with E-state index in [2.05, 4.69) is 0 Å². The van der Waals surface area contributed by atoms with Gasteiger partial charge in [0.25, 0.3) is 5.91 Å². The Bertz CT molecular complexity index is 511. The number of amides is 1. The molecule has 0 radical (unpaired) electrons. The molecule has 0 fully saturated rings. The molecule has 1 amide bonds. The second-order valence-corrected chi connectivity index (χ2v) is 5.49. The highest BCUT2D eigenvalue weighted by atomic mass is 35.5. The Morgan fingerprint density at radius 3 is 2.37 bits per heavy atom. The van der Waals surface area contributed by atoms with E-state index in [1.165, 1.54) is 17.0 Å². The molecule has 19 heavy (non-hydrogen) atoms. The van der Waals surface area contributed by atoms with Gasteiger partial charge in [0.1, 0.15) is 12.4 Å². The molecule has 6 heteroatoms. The number of carboxylic acid groups (broad SMARTS) is 1. The maximum absolute atomic E-state index is 13.1. The van der Waals surface area contributed by atoms with Gasteiger partial charge in [-0.3, -0.25) is 9.59 Å². The Morgan fingerprint density at radius 1 is 1.37 bits per heavy atom. The second kappa shape index (κ2) is 5.57. The van der Waals surface area contributed by atoms with Crippen LogP contribution in [0.2, 0.25) is 5.02 Å². The molecule has 1 aromatic rings. The van der Waals surface area contributed by atoms with Crippen molar-refractivity contribution in [3.63, 3.8) is 0 Å². The van der Waals surface area contributed by atoms with Crippen LogP contribution in [0, 0.1) is 5.82 Å². The van der Waals surface area contributed by atoms with Crippen LogP contribution in [0.5, 0.6) is 0 Å². The lowest BCUT2D eigenvalue weighted by Gasteiger charge is -2.34. The average Bonchev–Trinajstić information content (AvgIpc) is 2.27. The highest BCUT2D eigenvalue weighted by Gasteiger charge is 2.29. The Morgan fingerprint density at radius 2 is 1.95 bits per heavy atom. The van der Waals surface area contributed by atoms with Crippen LogP contribution in [0.25, 0.3) is 0 Å². The van der Waals surface area contributed by atoms with E-state index >= 15 is 0 Å². The van der Waals surface area contributed by atoms with Gasteiger partial charge in [-0.1, -0.05) is 11.6 Å². The maximum atomic E-state index is 13.1. The number of nitrogens with zero attached hydrogens (tertiary/aromatic N) is 1. The zero-order chi connectivity index (χ0) is 14.8.